The van der Waals surface area contributed by atoms with Crippen molar-refractivity contribution in [3.8, 4) is 10.6 Å². The summed E-state index contributed by atoms with van der Waals surface area (Å²) in [6.07, 6.45) is 0.898. The van der Waals surface area contributed by atoms with Crippen molar-refractivity contribution >= 4 is 21.4 Å². The maximum Gasteiger partial charge on any atom is 0.261 e. The van der Waals surface area contributed by atoms with Crippen LogP contribution >= 0.6 is 11.3 Å². The molecule has 134 valence electrons. The summed E-state index contributed by atoms with van der Waals surface area (Å²) in [7, 11) is -3.51. The van der Waals surface area contributed by atoms with Crippen molar-refractivity contribution in [1.29, 1.82) is 0 Å². The molecule has 1 aromatic carbocycles. The Morgan fingerprint density at radius 3 is 2.64 bits per heavy atom. The summed E-state index contributed by atoms with van der Waals surface area (Å²) < 4.78 is 27.5. The monoisotopic (exact) mass is 378 g/mol. The van der Waals surface area contributed by atoms with Gasteiger partial charge in [0, 0.05) is 56.3 Å². The van der Waals surface area contributed by atoms with Gasteiger partial charge >= 0.3 is 0 Å². The van der Waals surface area contributed by atoms with Crippen LogP contribution in [0.2, 0.25) is 0 Å². The van der Waals surface area contributed by atoms with Crippen LogP contribution in [0, 0.1) is 0 Å². The standard InChI is InChI=1S/C17H22N4O2S2/c22-25(23,16-13-24-17(19-16)14-4-2-1-3-5-14)21-9-6-15(12-21)20-10-7-18-8-11-20/h1-5,13,15,18H,6-12H2. The SMILES string of the molecule is O=S(=O)(c1csc(-c2ccccc2)n1)N1CCC(N2CCNCC2)C1. The van der Waals surface area contributed by atoms with Gasteiger partial charge in [-0.1, -0.05) is 30.3 Å². The van der Waals surface area contributed by atoms with E-state index >= 15 is 0 Å². The van der Waals surface area contributed by atoms with Crippen LogP contribution in [0.3, 0.4) is 0 Å². The molecule has 25 heavy (non-hydrogen) atoms. The van der Waals surface area contributed by atoms with Crippen LogP contribution in [0.4, 0.5) is 0 Å². The molecule has 8 heteroatoms. The minimum atomic E-state index is -3.51. The number of aromatic nitrogens is 1. The van der Waals surface area contributed by atoms with E-state index in [-0.39, 0.29) is 5.03 Å². The summed E-state index contributed by atoms with van der Waals surface area (Å²) in [6, 6.07) is 10.0. The zero-order valence-electron chi connectivity index (χ0n) is 14.0. The van der Waals surface area contributed by atoms with Crippen molar-refractivity contribution in [1.82, 2.24) is 19.5 Å². The van der Waals surface area contributed by atoms with E-state index in [9.17, 15) is 8.42 Å². The molecule has 0 spiro atoms. The Labute approximate surface area is 152 Å². The minimum Gasteiger partial charge on any atom is -0.314 e. The van der Waals surface area contributed by atoms with Crippen molar-refractivity contribution in [3.63, 3.8) is 0 Å². The number of hydrogen-bond acceptors (Lipinski definition) is 6. The van der Waals surface area contributed by atoms with Crippen LogP contribution in [0.5, 0.6) is 0 Å². The third kappa shape index (κ3) is 3.50. The first-order valence-electron chi connectivity index (χ1n) is 8.60. The third-order valence-electron chi connectivity index (χ3n) is 4.90. The fourth-order valence-corrected chi connectivity index (χ4v) is 6.06. The van der Waals surface area contributed by atoms with E-state index in [1.54, 1.807) is 9.69 Å². The molecule has 4 rings (SSSR count). The van der Waals surface area contributed by atoms with Crippen molar-refractivity contribution in [2.24, 2.45) is 0 Å². The van der Waals surface area contributed by atoms with E-state index in [1.807, 2.05) is 30.3 Å². The van der Waals surface area contributed by atoms with Gasteiger partial charge in [0.15, 0.2) is 5.03 Å². The van der Waals surface area contributed by atoms with Crippen LogP contribution in [0.15, 0.2) is 40.7 Å². The maximum absolute atomic E-state index is 12.9. The molecule has 0 saturated carbocycles. The Balaban J connectivity index is 1.49. The van der Waals surface area contributed by atoms with E-state index < -0.39 is 10.0 Å². The molecular weight excluding hydrogens is 356 g/mol. The third-order valence-corrected chi connectivity index (χ3v) is 7.69. The minimum absolute atomic E-state index is 0.178. The lowest BCUT2D eigenvalue weighted by Gasteiger charge is -2.32. The molecule has 0 amide bonds. The van der Waals surface area contributed by atoms with Gasteiger partial charge in [-0.05, 0) is 6.42 Å². The van der Waals surface area contributed by atoms with Gasteiger partial charge in [-0.2, -0.15) is 4.31 Å². The van der Waals surface area contributed by atoms with E-state index in [0.29, 0.717) is 19.1 Å². The lowest BCUT2D eigenvalue weighted by molar-refractivity contribution is 0.179. The highest BCUT2D eigenvalue weighted by atomic mass is 32.2. The summed E-state index contributed by atoms with van der Waals surface area (Å²) >= 11 is 1.38. The van der Waals surface area contributed by atoms with Gasteiger partial charge in [0.05, 0.1) is 0 Å². The Bertz CT molecular complexity index is 816. The van der Waals surface area contributed by atoms with Crippen LogP contribution in [-0.2, 0) is 10.0 Å². The van der Waals surface area contributed by atoms with Crippen molar-refractivity contribution in [3.05, 3.63) is 35.7 Å². The van der Waals surface area contributed by atoms with E-state index in [0.717, 1.165) is 43.2 Å². The molecule has 2 aliphatic heterocycles. The van der Waals surface area contributed by atoms with Gasteiger partial charge in [-0.3, -0.25) is 4.90 Å². The number of nitrogens with one attached hydrogen (secondary N) is 1. The average molecular weight is 379 g/mol. The van der Waals surface area contributed by atoms with Gasteiger partial charge in [0.2, 0.25) is 0 Å². The highest BCUT2D eigenvalue weighted by molar-refractivity contribution is 7.89. The molecule has 1 N–H and O–H groups in total. The molecule has 2 aliphatic rings. The van der Waals surface area contributed by atoms with E-state index in [1.165, 1.54) is 11.3 Å². The molecule has 1 unspecified atom stereocenters. The highest BCUT2D eigenvalue weighted by Gasteiger charge is 2.36. The number of hydrogen-bond donors (Lipinski definition) is 1. The summed E-state index contributed by atoms with van der Waals surface area (Å²) in [5, 5.41) is 5.93. The van der Waals surface area contributed by atoms with Gasteiger partial charge in [0.1, 0.15) is 5.01 Å². The van der Waals surface area contributed by atoms with Crippen LogP contribution in [0.25, 0.3) is 10.6 Å². The van der Waals surface area contributed by atoms with Gasteiger partial charge in [-0.15, -0.1) is 11.3 Å². The van der Waals surface area contributed by atoms with Gasteiger partial charge in [0.25, 0.3) is 10.0 Å². The number of benzene rings is 1. The van der Waals surface area contributed by atoms with Crippen molar-refractivity contribution in [2.45, 2.75) is 17.5 Å². The van der Waals surface area contributed by atoms with E-state index in [2.05, 4.69) is 15.2 Å². The molecule has 2 saturated heterocycles. The number of piperazine rings is 1. The molecule has 0 bridgehead atoms. The predicted octanol–water partition coefficient (Wildman–Crippen LogP) is 1.48. The number of rotatable bonds is 4. The largest absolute Gasteiger partial charge is 0.314 e. The van der Waals surface area contributed by atoms with Crippen LogP contribution in [-0.4, -0.2) is 67.9 Å². The molecule has 6 nitrogen and oxygen atoms in total. The lowest BCUT2D eigenvalue weighted by Crippen LogP contribution is -2.49. The summed E-state index contributed by atoms with van der Waals surface area (Å²) in [5.41, 5.74) is 0.953. The molecule has 2 aromatic rings. The van der Waals surface area contributed by atoms with Gasteiger partial charge < -0.3 is 5.32 Å². The summed E-state index contributed by atoms with van der Waals surface area (Å²) in [4.78, 5) is 6.80. The Hall–Kier alpha value is -1.32. The fourth-order valence-electron chi connectivity index (χ4n) is 3.50. The van der Waals surface area contributed by atoms with Gasteiger partial charge in [-0.25, -0.2) is 13.4 Å². The Morgan fingerprint density at radius 1 is 1.12 bits per heavy atom. The van der Waals surface area contributed by atoms with E-state index in [4.69, 9.17) is 0 Å². The second kappa shape index (κ2) is 7.13. The first-order valence-corrected chi connectivity index (χ1v) is 10.9. The predicted molar refractivity (Wildman–Crippen MR) is 99.2 cm³/mol. The molecule has 1 atom stereocenters. The average Bonchev–Trinajstić information content (AvgIpc) is 3.34. The number of thiazole rings is 1. The first kappa shape index (κ1) is 17.1. The zero-order chi connectivity index (χ0) is 17.3. The fraction of sp³-hybridized carbons (Fsp3) is 0.471. The Kier molecular flexibility index (Phi) is 4.88. The second-order valence-corrected chi connectivity index (χ2v) is 9.19. The summed E-state index contributed by atoms with van der Waals surface area (Å²) in [6.45, 7) is 5.10. The summed E-state index contributed by atoms with van der Waals surface area (Å²) in [5.74, 6) is 0. The van der Waals surface area contributed by atoms with Crippen molar-refractivity contribution in [2.75, 3.05) is 39.3 Å². The molecule has 1 aromatic heterocycles. The topological polar surface area (TPSA) is 65.5 Å². The molecule has 2 fully saturated rings. The lowest BCUT2D eigenvalue weighted by atomic mass is 10.2. The second-order valence-electron chi connectivity index (χ2n) is 6.45. The first-order chi connectivity index (χ1) is 12.1. The number of nitrogens with zero attached hydrogens (tertiary/aromatic N) is 3. The molecular formula is C17H22N4O2S2. The Morgan fingerprint density at radius 2 is 1.88 bits per heavy atom. The maximum atomic E-state index is 12.9. The van der Waals surface area contributed by atoms with Crippen molar-refractivity contribution < 1.29 is 8.42 Å². The smallest absolute Gasteiger partial charge is 0.261 e. The molecule has 0 radical (unpaired) electrons. The molecule has 3 heterocycles. The number of sulfonamides is 1. The molecule has 0 aliphatic carbocycles. The van der Waals surface area contributed by atoms with Crippen LogP contribution in [0.1, 0.15) is 6.42 Å². The normalized spacial score (nSPS) is 23.1. The zero-order valence-corrected chi connectivity index (χ0v) is 15.6. The highest BCUT2D eigenvalue weighted by Crippen LogP contribution is 2.29. The quantitative estimate of drug-likeness (QED) is 0.873. The van der Waals surface area contributed by atoms with Crippen LogP contribution < -0.4 is 5.32 Å².